The number of carbonyl (C=O) groups is 1. The van der Waals surface area contributed by atoms with Crippen LogP contribution in [0.25, 0.3) is 0 Å². The third kappa shape index (κ3) is 4.32. The molecule has 1 unspecified atom stereocenters. The van der Waals surface area contributed by atoms with E-state index in [9.17, 15) is 4.79 Å². The topological polar surface area (TPSA) is 41.1 Å². The Balaban J connectivity index is 1.79. The van der Waals surface area contributed by atoms with Gasteiger partial charge in [0.15, 0.2) is 0 Å². The number of hydrogen-bond acceptors (Lipinski definition) is 2. The molecule has 0 radical (unpaired) electrons. The number of amides is 1. The zero-order valence-corrected chi connectivity index (χ0v) is 12.9. The first-order valence-corrected chi connectivity index (χ1v) is 7.73. The lowest BCUT2D eigenvalue weighted by Crippen LogP contribution is -2.39. The summed E-state index contributed by atoms with van der Waals surface area (Å²) in [5, 5.41) is 6.36. The predicted octanol–water partition coefficient (Wildman–Crippen LogP) is 3.16. The molecule has 1 aromatic carbocycles. The molecule has 1 fully saturated rings. The fourth-order valence-electron chi connectivity index (χ4n) is 2.56. The Hall–Kier alpha value is -0.870. The molecule has 1 aliphatic rings. The first kappa shape index (κ1) is 14.5. The van der Waals surface area contributed by atoms with Crippen molar-refractivity contribution >= 4 is 21.8 Å². The van der Waals surface area contributed by atoms with Gasteiger partial charge in [0.1, 0.15) is 0 Å². The highest BCUT2D eigenvalue weighted by Gasteiger charge is 2.16. The van der Waals surface area contributed by atoms with Crippen LogP contribution in [-0.2, 0) is 4.79 Å². The molecule has 0 bridgehead atoms. The molecule has 1 saturated carbocycles. The number of carbonyl (C=O) groups excluding carboxylic acids is 1. The average molecular weight is 325 g/mol. The fraction of sp³-hybridized carbons (Fsp3) is 0.533. The van der Waals surface area contributed by atoms with Crippen LogP contribution in [0.4, 0.5) is 0 Å². The Labute approximate surface area is 123 Å². The van der Waals surface area contributed by atoms with Gasteiger partial charge in [-0.1, -0.05) is 47.0 Å². The standard InChI is InChI=1S/C15H21BrN2O/c1-11(13-8-4-5-9-14(13)16)18-15(19)10-17-12-6-2-3-7-12/h4-5,8-9,11-12,17H,2-3,6-7,10H2,1H3,(H,18,19). The van der Waals surface area contributed by atoms with Crippen molar-refractivity contribution in [2.24, 2.45) is 0 Å². The molecule has 0 aromatic heterocycles. The average Bonchev–Trinajstić information content (AvgIpc) is 2.90. The third-order valence-corrected chi connectivity index (χ3v) is 4.38. The zero-order valence-electron chi connectivity index (χ0n) is 11.3. The van der Waals surface area contributed by atoms with Gasteiger partial charge in [-0.2, -0.15) is 0 Å². The van der Waals surface area contributed by atoms with E-state index >= 15 is 0 Å². The van der Waals surface area contributed by atoms with Gasteiger partial charge >= 0.3 is 0 Å². The molecule has 0 spiro atoms. The van der Waals surface area contributed by atoms with Gasteiger partial charge in [-0.05, 0) is 31.4 Å². The first-order chi connectivity index (χ1) is 9.16. The van der Waals surface area contributed by atoms with Gasteiger partial charge in [-0.25, -0.2) is 0 Å². The predicted molar refractivity (Wildman–Crippen MR) is 81.0 cm³/mol. The molecule has 1 aromatic rings. The first-order valence-electron chi connectivity index (χ1n) is 6.94. The maximum Gasteiger partial charge on any atom is 0.234 e. The number of benzene rings is 1. The minimum Gasteiger partial charge on any atom is -0.348 e. The van der Waals surface area contributed by atoms with Crippen molar-refractivity contribution in [3.05, 3.63) is 34.3 Å². The van der Waals surface area contributed by atoms with E-state index in [0.29, 0.717) is 12.6 Å². The fourth-order valence-corrected chi connectivity index (χ4v) is 3.19. The Bertz CT molecular complexity index is 430. The molecule has 3 nitrogen and oxygen atoms in total. The summed E-state index contributed by atoms with van der Waals surface area (Å²) >= 11 is 3.51. The summed E-state index contributed by atoms with van der Waals surface area (Å²) in [4.78, 5) is 11.9. The number of halogens is 1. The molecule has 2 rings (SSSR count). The Morgan fingerprint density at radius 2 is 2.05 bits per heavy atom. The lowest BCUT2D eigenvalue weighted by Gasteiger charge is -2.17. The van der Waals surface area contributed by atoms with Crippen molar-refractivity contribution in [2.45, 2.75) is 44.7 Å². The number of hydrogen-bond donors (Lipinski definition) is 2. The van der Waals surface area contributed by atoms with Gasteiger partial charge < -0.3 is 10.6 Å². The summed E-state index contributed by atoms with van der Waals surface area (Å²) in [5.41, 5.74) is 1.11. The van der Waals surface area contributed by atoms with Crippen molar-refractivity contribution < 1.29 is 4.79 Å². The number of rotatable bonds is 5. The van der Waals surface area contributed by atoms with Crippen LogP contribution in [-0.4, -0.2) is 18.5 Å². The van der Waals surface area contributed by atoms with Crippen molar-refractivity contribution in [2.75, 3.05) is 6.54 Å². The molecule has 1 aliphatic carbocycles. The Morgan fingerprint density at radius 3 is 2.74 bits per heavy atom. The number of nitrogens with one attached hydrogen (secondary N) is 2. The van der Waals surface area contributed by atoms with Crippen molar-refractivity contribution in [3.63, 3.8) is 0 Å². The minimum atomic E-state index is 0.0217. The lowest BCUT2D eigenvalue weighted by molar-refractivity contribution is -0.121. The van der Waals surface area contributed by atoms with Gasteiger partial charge in [-0.15, -0.1) is 0 Å². The van der Waals surface area contributed by atoms with E-state index < -0.39 is 0 Å². The SMILES string of the molecule is CC(NC(=O)CNC1CCCC1)c1ccccc1Br. The molecule has 0 saturated heterocycles. The van der Waals surface area contributed by atoms with Crippen molar-refractivity contribution in [1.82, 2.24) is 10.6 Å². The van der Waals surface area contributed by atoms with E-state index in [4.69, 9.17) is 0 Å². The summed E-state index contributed by atoms with van der Waals surface area (Å²) in [7, 11) is 0. The van der Waals surface area contributed by atoms with Crippen LogP contribution in [0.1, 0.15) is 44.2 Å². The second kappa shape index (κ2) is 7.06. The van der Waals surface area contributed by atoms with Crippen LogP contribution in [0.15, 0.2) is 28.7 Å². The van der Waals surface area contributed by atoms with Crippen LogP contribution >= 0.6 is 15.9 Å². The van der Waals surface area contributed by atoms with Crippen LogP contribution in [0, 0.1) is 0 Å². The highest BCUT2D eigenvalue weighted by molar-refractivity contribution is 9.10. The van der Waals surface area contributed by atoms with E-state index in [1.54, 1.807) is 0 Å². The van der Waals surface area contributed by atoms with Gasteiger partial charge in [0.05, 0.1) is 12.6 Å². The lowest BCUT2D eigenvalue weighted by atomic mass is 10.1. The van der Waals surface area contributed by atoms with Gasteiger partial charge in [0.2, 0.25) is 5.91 Å². The monoisotopic (exact) mass is 324 g/mol. The third-order valence-electron chi connectivity index (χ3n) is 3.66. The maximum atomic E-state index is 11.9. The summed E-state index contributed by atoms with van der Waals surface area (Å²) in [6, 6.07) is 8.54. The molecule has 4 heteroatoms. The van der Waals surface area contributed by atoms with E-state index in [1.807, 2.05) is 31.2 Å². The highest BCUT2D eigenvalue weighted by atomic mass is 79.9. The Morgan fingerprint density at radius 1 is 1.37 bits per heavy atom. The molecule has 1 atom stereocenters. The largest absolute Gasteiger partial charge is 0.348 e. The smallest absolute Gasteiger partial charge is 0.234 e. The van der Waals surface area contributed by atoms with E-state index in [2.05, 4.69) is 26.6 Å². The van der Waals surface area contributed by atoms with Gasteiger partial charge in [-0.3, -0.25) is 4.79 Å². The zero-order chi connectivity index (χ0) is 13.7. The molecular formula is C15H21BrN2O. The van der Waals surface area contributed by atoms with Crippen LogP contribution in [0.2, 0.25) is 0 Å². The summed E-state index contributed by atoms with van der Waals surface area (Å²) in [6.45, 7) is 2.42. The molecule has 104 valence electrons. The summed E-state index contributed by atoms with van der Waals surface area (Å²) in [6.07, 6.45) is 4.97. The molecule has 1 amide bonds. The van der Waals surface area contributed by atoms with Crippen LogP contribution in [0.5, 0.6) is 0 Å². The van der Waals surface area contributed by atoms with Crippen LogP contribution < -0.4 is 10.6 Å². The summed E-state index contributed by atoms with van der Waals surface area (Å²) in [5.74, 6) is 0.0650. The normalized spacial score (nSPS) is 17.4. The second-order valence-electron chi connectivity index (χ2n) is 5.17. The van der Waals surface area contributed by atoms with E-state index in [1.165, 1.54) is 25.7 Å². The van der Waals surface area contributed by atoms with E-state index in [-0.39, 0.29) is 11.9 Å². The van der Waals surface area contributed by atoms with Crippen LogP contribution in [0.3, 0.4) is 0 Å². The van der Waals surface area contributed by atoms with Crippen molar-refractivity contribution in [3.8, 4) is 0 Å². The minimum absolute atomic E-state index is 0.0217. The van der Waals surface area contributed by atoms with E-state index in [0.717, 1.165) is 10.0 Å². The van der Waals surface area contributed by atoms with Gasteiger partial charge in [0.25, 0.3) is 0 Å². The second-order valence-corrected chi connectivity index (χ2v) is 6.03. The quantitative estimate of drug-likeness (QED) is 0.873. The molecule has 0 heterocycles. The highest BCUT2D eigenvalue weighted by Crippen LogP contribution is 2.22. The maximum absolute atomic E-state index is 11.9. The molecule has 2 N–H and O–H groups in total. The Kier molecular flexibility index (Phi) is 5.40. The van der Waals surface area contributed by atoms with Crippen molar-refractivity contribution in [1.29, 1.82) is 0 Å². The molecule has 19 heavy (non-hydrogen) atoms. The summed E-state index contributed by atoms with van der Waals surface area (Å²) < 4.78 is 1.03. The molecular weight excluding hydrogens is 304 g/mol. The van der Waals surface area contributed by atoms with Gasteiger partial charge in [0, 0.05) is 10.5 Å². The molecule has 0 aliphatic heterocycles.